The molecule has 1 fully saturated rings. The standard InChI is InChI=1S/C16H22Cl2F2N4O2/c1-21-16(22-2-3-24-4-6-25-7-5-24)23-10-11-8-12(17)9-13(18)14(11)26-15(19)20/h8-9,15H,2-7,10H2,1H3,(H2,21,22,23). The van der Waals surface area contributed by atoms with Crippen LogP contribution in [0.5, 0.6) is 5.75 Å². The van der Waals surface area contributed by atoms with E-state index in [9.17, 15) is 8.78 Å². The second-order valence-electron chi connectivity index (χ2n) is 5.56. The molecular weight excluding hydrogens is 389 g/mol. The van der Waals surface area contributed by atoms with Crippen molar-refractivity contribution < 1.29 is 18.3 Å². The van der Waals surface area contributed by atoms with E-state index in [1.807, 2.05) is 0 Å². The van der Waals surface area contributed by atoms with Crippen molar-refractivity contribution in [2.24, 2.45) is 4.99 Å². The van der Waals surface area contributed by atoms with Crippen LogP contribution < -0.4 is 15.4 Å². The van der Waals surface area contributed by atoms with Crippen molar-refractivity contribution in [1.29, 1.82) is 0 Å². The number of hydrogen-bond donors (Lipinski definition) is 2. The van der Waals surface area contributed by atoms with Crippen LogP contribution in [0.3, 0.4) is 0 Å². The van der Waals surface area contributed by atoms with E-state index in [1.165, 1.54) is 12.1 Å². The minimum Gasteiger partial charge on any atom is -0.433 e. The van der Waals surface area contributed by atoms with Gasteiger partial charge in [-0.2, -0.15) is 8.78 Å². The van der Waals surface area contributed by atoms with E-state index < -0.39 is 6.61 Å². The van der Waals surface area contributed by atoms with Crippen LogP contribution >= 0.6 is 23.2 Å². The molecule has 1 saturated heterocycles. The summed E-state index contributed by atoms with van der Waals surface area (Å²) in [6.45, 7) is 2.05. The zero-order valence-corrected chi connectivity index (χ0v) is 15.9. The first kappa shape index (κ1) is 21.0. The van der Waals surface area contributed by atoms with Gasteiger partial charge in [0.05, 0.1) is 18.2 Å². The molecule has 1 heterocycles. The monoisotopic (exact) mass is 410 g/mol. The van der Waals surface area contributed by atoms with Crippen molar-refractivity contribution in [3.05, 3.63) is 27.7 Å². The molecule has 0 spiro atoms. The topological polar surface area (TPSA) is 58.1 Å². The summed E-state index contributed by atoms with van der Waals surface area (Å²) in [6.07, 6.45) is 0. The van der Waals surface area contributed by atoms with Crippen LogP contribution in [-0.4, -0.2) is 63.9 Å². The van der Waals surface area contributed by atoms with E-state index in [4.69, 9.17) is 27.9 Å². The molecular formula is C16H22Cl2F2N4O2. The Morgan fingerprint density at radius 3 is 2.69 bits per heavy atom. The zero-order valence-electron chi connectivity index (χ0n) is 14.4. The molecule has 1 aromatic rings. The highest BCUT2D eigenvalue weighted by atomic mass is 35.5. The molecule has 6 nitrogen and oxygen atoms in total. The SMILES string of the molecule is CN=C(NCCN1CCOCC1)NCc1cc(Cl)cc(Cl)c1OC(F)F. The normalized spacial score (nSPS) is 16.0. The van der Waals surface area contributed by atoms with Crippen molar-refractivity contribution in [3.8, 4) is 5.75 Å². The highest BCUT2D eigenvalue weighted by Crippen LogP contribution is 2.33. The Kier molecular flexibility index (Phi) is 8.64. The molecule has 2 N–H and O–H groups in total. The number of nitrogens with one attached hydrogen (secondary N) is 2. The van der Waals surface area contributed by atoms with Gasteiger partial charge in [-0.15, -0.1) is 0 Å². The molecule has 10 heteroatoms. The number of aliphatic imine (C=N–C) groups is 1. The molecule has 0 atom stereocenters. The lowest BCUT2D eigenvalue weighted by Crippen LogP contribution is -2.44. The van der Waals surface area contributed by atoms with Gasteiger partial charge in [-0.05, 0) is 12.1 Å². The Morgan fingerprint density at radius 2 is 2.04 bits per heavy atom. The third-order valence-corrected chi connectivity index (χ3v) is 4.29. The van der Waals surface area contributed by atoms with Crippen LogP contribution in [0.4, 0.5) is 8.78 Å². The summed E-state index contributed by atoms with van der Waals surface area (Å²) in [5.41, 5.74) is 0.416. The summed E-state index contributed by atoms with van der Waals surface area (Å²) in [5.74, 6) is 0.444. The predicted molar refractivity (Wildman–Crippen MR) is 98.6 cm³/mol. The summed E-state index contributed by atoms with van der Waals surface area (Å²) in [6, 6.07) is 2.89. The Labute approximate surface area is 161 Å². The number of ether oxygens (including phenoxy) is 2. The van der Waals surface area contributed by atoms with Gasteiger partial charge < -0.3 is 20.1 Å². The maximum absolute atomic E-state index is 12.6. The molecule has 0 bridgehead atoms. The van der Waals surface area contributed by atoms with Crippen molar-refractivity contribution >= 4 is 29.2 Å². The van der Waals surface area contributed by atoms with Gasteiger partial charge in [0.2, 0.25) is 0 Å². The van der Waals surface area contributed by atoms with Gasteiger partial charge in [0, 0.05) is 50.4 Å². The molecule has 0 radical (unpaired) electrons. The highest BCUT2D eigenvalue weighted by molar-refractivity contribution is 6.35. The quantitative estimate of drug-likeness (QED) is 0.534. The summed E-state index contributed by atoms with van der Waals surface area (Å²) in [5, 5.41) is 6.59. The minimum absolute atomic E-state index is 0.0323. The fraction of sp³-hybridized carbons (Fsp3) is 0.562. The molecule has 1 aliphatic rings. The average molecular weight is 411 g/mol. The first-order chi connectivity index (χ1) is 12.5. The molecule has 0 unspecified atom stereocenters. The van der Waals surface area contributed by atoms with Crippen LogP contribution in [0.1, 0.15) is 5.56 Å². The number of rotatable bonds is 7. The van der Waals surface area contributed by atoms with Crippen LogP contribution in [0.25, 0.3) is 0 Å². The summed E-state index contributed by atoms with van der Waals surface area (Å²) >= 11 is 11.9. The van der Waals surface area contributed by atoms with Gasteiger partial charge in [-0.3, -0.25) is 9.89 Å². The van der Waals surface area contributed by atoms with Crippen LogP contribution in [-0.2, 0) is 11.3 Å². The van der Waals surface area contributed by atoms with Crippen molar-refractivity contribution in [1.82, 2.24) is 15.5 Å². The van der Waals surface area contributed by atoms with E-state index in [-0.39, 0.29) is 17.3 Å². The number of guanidine groups is 1. The van der Waals surface area contributed by atoms with Crippen LogP contribution in [0.15, 0.2) is 17.1 Å². The molecule has 26 heavy (non-hydrogen) atoms. The summed E-state index contributed by atoms with van der Waals surface area (Å²) in [4.78, 5) is 6.40. The van der Waals surface area contributed by atoms with Crippen molar-refractivity contribution in [2.45, 2.75) is 13.2 Å². The average Bonchev–Trinajstić information content (AvgIpc) is 2.61. The molecule has 0 aliphatic carbocycles. The lowest BCUT2D eigenvalue weighted by molar-refractivity contribution is -0.0504. The van der Waals surface area contributed by atoms with Gasteiger partial charge in [0.15, 0.2) is 5.96 Å². The predicted octanol–water partition coefficient (Wildman–Crippen LogP) is 2.59. The van der Waals surface area contributed by atoms with Crippen LogP contribution in [0, 0.1) is 0 Å². The lowest BCUT2D eigenvalue weighted by Gasteiger charge is -2.26. The summed E-state index contributed by atoms with van der Waals surface area (Å²) in [7, 11) is 1.63. The van der Waals surface area contributed by atoms with Gasteiger partial charge in [-0.25, -0.2) is 0 Å². The molecule has 0 saturated carbocycles. The maximum Gasteiger partial charge on any atom is 0.387 e. The minimum atomic E-state index is -2.97. The first-order valence-corrected chi connectivity index (χ1v) is 8.92. The van der Waals surface area contributed by atoms with Gasteiger partial charge in [0.25, 0.3) is 0 Å². The Hall–Kier alpha value is -1.35. The second-order valence-corrected chi connectivity index (χ2v) is 6.40. The fourth-order valence-corrected chi connectivity index (χ4v) is 3.10. The van der Waals surface area contributed by atoms with E-state index in [2.05, 4.69) is 25.3 Å². The first-order valence-electron chi connectivity index (χ1n) is 8.17. The van der Waals surface area contributed by atoms with E-state index in [0.29, 0.717) is 23.1 Å². The van der Waals surface area contributed by atoms with Crippen molar-refractivity contribution in [2.75, 3.05) is 46.4 Å². The van der Waals surface area contributed by atoms with E-state index in [0.717, 1.165) is 32.8 Å². The number of nitrogens with zero attached hydrogens (tertiary/aromatic N) is 2. The third kappa shape index (κ3) is 6.75. The lowest BCUT2D eigenvalue weighted by atomic mass is 10.2. The van der Waals surface area contributed by atoms with E-state index in [1.54, 1.807) is 7.05 Å². The smallest absolute Gasteiger partial charge is 0.387 e. The molecule has 2 rings (SSSR count). The number of halogens is 4. The molecule has 1 aliphatic heterocycles. The Bertz CT molecular complexity index is 614. The Morgan fingerprint density at radius 1 is 1.31 bits per heavy atom. The highest BCUT2D eigenvalue weighted by Gasteiger charge is 2.16. The Balaban J connectivity index is 1.89. The summed E-state index contributed by atoms with van der Waals surface area (Å²) < 4.78 is 35.0. The van der Waals surface area contributed by atoms with E-state index >= 15 is 0 Å². The zero-order chi connectivity index (χ0) is 18.9. The van der Waals surface area contributed by atoms with Crippen molar-refractivity contribution in [3.63, 3.8) is 0 Å². The number of morpholine rings is 1. The molecule has 0 aromatic heterocycles. The van der Waals surface area contributed by atoms with Crippen LogP contribution in [0.2, 0.25) is 10.0 Å². The number of alkyl halides is 2. The van der Waals surface area contributed by atoms with Gasteiger partial charge >= 0.3 is 6.61 Å². The number of hydrogen-bond acceptors (Lipinski definition) is 4. The molecule has 146 valence electrons. The van der Waals surface area contributed by atoms with Gasteiger partial charge in [-0.1, -0.05) is 23.2 Å². The molecule has 1 aromatic carbocycles. The second kappa shape index (κ2) is 10.7. The largest absolute Gasteiger partial charge is 0.433 e. The number of benzene rings is 1. The van der Waals surface area contributed by atoms with Gasteiger partial charge in [0.1, 0.15) is 5.75 Å². The third-order valence-electron chi connectivity index (χ3n) is 3.79. The maximum atomic E-state index is 12.6. The molecule has 0 amide bonds. The fourth-order valence-electron chi connectivity index (χ4n) is 2.52.